The predicted octanol–water partition coefficient (Wildman–Crippen LogP) is 1.88. The second kappa shape index (κ2) is 5.16. The van der Waals surface area contributed by atoms with Gasteiger partial charge < -0.3 is 4.74 Å². The zero-order valence-corrected chi connectivity index (χ0v) is 8.37. The van der Waals surface area contributed by atoms with Gasteiger partial charge in [-0.1, -0.05) is 0 Å². The summed E-state index contributed by atoms with van der Waals surface area (Å²) in [5, 5.41) is 0. The number of hydrogen-bond acceptors (Lipinski definition) is 3. The molecule has 0 aliphatic rings. The Morgan fingerprint density at radius 1 is 1.25 bits per heavy atom. The highest BCUT2D eigenvalue weighted by molar-refractivity contribution is 6.07. The molecule has 1 aromatic rings. The Balaban J connectivity index is 2.92. The fourth-order valence-corrected chi connectivity index (χ4v) is 0.988. The van der Waals surface area contributed by atoms with Gasteiger partial charge in [0.15, 0.2) is 5.78 Å². The first-order valence-electron chi connectivity index (χ1n) is 4.30. The van der Waals surface area contributed by atoms with Crippen LogP contribution in [0.1, 0.15) is 10.4 Å². The zero-order chi connectivity index (χ0) is 12.1. The van der Waals surface area contributed by atoms with E-state index in [-0.39, 0.29) is 0 Å². The van der Waals surface area contributed by atoms with E-state index in [9.17, 15) is 18.4 Å². The molecular formula is C11H8F2O3. The van der Waals surface area contributed by atoms with Crippen LogP contribution in [0.5, 0.6) is 0 Å². The molecule has 0 saturated carbocycles. The molecule has 0 fully saturated rings. The number of benzene rings is 1. The molecule has 5 heteroatoms. The van der Waals surface area contributed by atoms with Crippen LogP contribution in [0.4, 0.5) is 8.78 Å². The van der Waals surface area contributed by atoms with Crippen molar-refractivity contribution < 1.29 is 23.1 Å². The number of hydrogen-bond donors (Lipinski definition) is 0. The number of methoxy groups -OCH3 is 1. The van der Waals surface area contributed by atoms with Crippen molar-refractivity contribution in [1.29, 1.82) is 0 Å². The summed E-state index contributed by atoms with van der Waals surface area (Å²) in [5.74, 6) is -3.12. The largest absolute Gasteiger partial charge is 0.466 e. The number of carbonyl (C=O) groups excluding carboxylic acids is 2. The Hall–Kier alpha value is -2.04. The summed E-state index contributed by atoms with van der Waals surface area (Å²) in [6.45, 7) is 0. The van der Waals surface area contributed by atoms with E-state index in [0.29, 0.717) is 0 Å². The lowest BCUT2D eigenvalue weighted by molar-refractivity contribution is -0.134. The van der Waals surface area contributed by atoms with E-state index in [4.69, 9.17) is 0 Å². The first kappa shape index (κ1) is 12.0. The topological polar surface area (TPSA) is 43.4 Å². The van der Waals surface area contributed by atoms with Crippen LogP contribution in [0.25, 0.3) is 0 Å². The monoisotopic (exact) mass is 226 g/mol. The maximum absolute atomic E-state index is 13.1. The van der Waals surface area contributed by atoms with Crippen LogP contribution in [0.15, 0.2) is 30.4 Å². The first-order valence-corrected chi connectivity index (χ1v) is 4.30. The van der Waals surface area contributed by atoms with Crippen molar-refractivity contribution in [1.82, 2.24) is 0 Å². The van der Waals surface area contributed by atoms with E-state index in [0.717, 1.165) is 37.5 Å². The summed E-state index contributed by atoms with van der Waals surface area (Å²) in [6, 6.07) is 2.50. The van der Waals surface area contributed by atoms with E-state index < -0.39 is 29.0 Å². The van der Waals surface area contributed by atoms with Crippen LogP contribution in [-0.4, -0.2) is 18.9 Å². The Morgan fingerprint density at radius 3 is 2.56 bits per heavy atom. The molecule has 0 aliphatic carbocycles. The van der Waals surface area contributed by atoms with Crippen LogP contribution in [0.3, 0.4) is 0 Å². The van der Waals surface area contributed by atoms with Gasteiger partial charge in [-0.05, 0) is 24.3 Å². The third kappa shape index (κ3) is 2.98. The van der Waals surface area contributed by atoms with Crippen molar-refractivity contribution in [3.63, 3.8) is 0 Å². The summed E-state index contributed by atoms with van der Waals surface area (Å²) >= 11 is 0. The molecule has 0 N–H and O–H groups in total. The summed E-state index contributed by atoms with van der Waals surface area (Å²) in [7, 11) is 1.14. The highest BCUT2D eigenvalue weighted by atomic mass is 19.1. The minimum atomic E-state index is -0.846. The maximum atomic E-state index is 13.1. The Morgan fingerprint density at radius 2 is 1.94 bits per heavy atom. The van der Waals surface area contributed by atoms with Gasteiger partial charge in [0.1, 0.15) is 11.6 Å². The number of carbonyl (C=O) groups is 2. The molecule has 0 aromatic heterocycles. The molecular weight excluding hydrogens is 218 g/mol. The second-order valence-corrected chi connectivity index (χ2v) is 2.84. The Bertz CT molecular complexity index is 453. The summed E-state index contributed by atoms with van der Waals surface area (Å²) in [5.41, 5.74) is -0.430. The van der Waals surface area contributed by atoms with Gasteiger partial charge in [0.05, 0.1) is 12.7 Å². The second-order valence-electron chi connectivity index (χ2n) is 2.84. The van der Waals surface area contributed by atoms with E-state index in [2.05, 4.69) is 4.74 Å². The van der Waals surface area contributed by atoms with Crippen molar-refractivity contribution in [3.8, 4) is 0 Å². The third-order valence-electron chi connectivity index (χ3n) is 1.77. The van der Waals surface area contributed by atoms with Gasteiger partial charge >= 0.3 is 5.97 Å². The predicted molar refractivity (Wildman–Crippen MR) is 51.8 cm³/mol. The van der Waals surface area contributed by atoms with Crippen LogP contribution in [-0.2, 0) is 9.53 Å². The van der Waals surface area contributed by atoms with E-state index >= 15 is 0 Å². The van der Waals surface area contributed by atoms with Crippen molar-refractivity contribution in [2.24, 2.45) is 0 Å². The summed E-state index contributed by atoms with van der Waals surface area (Å²) in [6.07, 6.45) is 1.66. The van der Waals surface area contributed by atoms with Crippen LogP contribution >= 0.6 is 0 Å². The lowest BCUT2D eigenvalue weighted by atomic mass is 10.1. The van der Waals surface area contributed by atoms with Crippen LogP contribution < -0.4 is 0 Å². The number of esters is 1. The van der Waals surface area contributed by atoms with Gasteiger partial charge in [-0.3, -0.25) is 4.79 Å². The SMILES string of the molecule is COC(=O)/C=C/C(=O)c1cc(F)ccc1F. The number of ether oxygens (including phenoxy) is 1. The molecule has 1 rings (SSSR count). The standard InChI is InChI=1S/C11H8F2O3/c1-16-11(15)5-4-10(14)8-6-7(12)2-3-9(8)13/h2-6H,1H3/b5-4+. The molecule has 16 heavy (non-hydrogen) atoms. The molecule has 0 atom stereocenters. The first-order chi connectivity index (χ1) is 7.54. The minimum Gasteiger partial charge on any atom is -0.466 e. The molecule has 0 amide bonds. The van der Waals surface area contributed by atoms with Gasteiger partial charge in [0, 0.05) is 6.08 Å². The van der Waals surface area contributed by atoms with Crippen molar-refractivity contribution >= 4 is 11.8 Å². The molecule has 0 unspecified atom stereocenters. The molecule has 0 radical (unpaired) electrons. The third-order valence-corrected chi connectivity index (χ3v) is 1.77. The molecule has 0 bridgehead atoms. The molecule has 0 heterocycles. The van der Waals surface area contributed by atoms with Crippen molar-refractivity contribution in [2.75, 3.05) is 7.11 Å². The van der Waals surface area contributed by atoms with E-state index in [1.165, 1.54) is 0 Å². The fraction of sp³-hybridized carbons (Fsp3) is 0.0909. The molecule has 0 aliphatic heterocycles. The molecule has 0 spiro atoms. The van der Waals surface area contributed by atoms with Gasteiger partial charge in [-0.15, -0.1) is 0 Å². The fourth-order valence-electron chi connectivity index (χ4n) is 0.988. The normalized spacial score (nSPS) is 10.4. The summed E-state index contributed by atoms with van der Waals surface area (Å²) < 4.78 is 30.1. The lowest BCUT2D eigenvalue weighted by Gasteiger charge is -1.98. The highest BCUT2D eigenvalue weighted by Crippen LogP contribution is 2.10. The molecule has 0 saturated heterocycles. The number of halogens is 2. The van der Waals surface area contributed by atoms with Gasteiger partial charge in [-0.25, -0.2) is 13.6 Å². The van der Waals surface area contributed by atoms with Crippen molar-refractivity contribution in [3.05, 3.63) is 47.5 Å². The Kier molecular flexibility index (Phi) is 3.88. The molecule has 3 nitrogen and oxygen atoms in total. The highest BCUT2D eigenvalue weighted by Gasteiger charge is 2.10. The summed E-state index contributed by atoms with van der Waals surface area (Å²) in [4.78, 5) is 22.0. The lowest BCUT2D eigenvalue weighted by Crippen LogP contribution is -2.02. The quantitative estimate of drug-likeness (QED) is 0.449. The Labute approximate surface area is 90.3 Å². The van der Waals surface area contributed by atoms with Crippen LogP contribution in [0, 0.1) is 11.6 Å². The average Bonchev–Trinajstić information content (AvgIpc) is 2.28. The van der Waals surface area contributed by atoms with E-state index in [1.54, 1.807) is 0 Å². The zero-order valence-electron chi connectivity index (χ0n) is 8.37. The molecule has 1 aromatic carbocycles. The molecule has 84 valence electrons. The number of allylic oxidation sites excluding steroid dienone is 1. The van der Waals surface area contributed by atoms with Gasteiger partial charge in [0.25, 0.3) is 0 Å². The van der Waals surface area contributed by atoms with Gasteiger partial charge in [-0.2, -0.15) is 0 Å². The van der Waals surface area contributed by atoms with E-state index in [1.807, 2.05) is 0 Å². The van der Waals surface area contributed by atoms with Gasteiger partial charge in [0.2, 0.25) is 0 Å². The maximum Gasteiger partial charge on any atom is 0.330 e. The van der Waals surface area contributed by atoms with Crippen molar-refractivity contribution in [2.45, 2.75) is 0 Å². The average molecular weight is 226 g/mol. The minimum absolute atomic E-state index is 0.430. The number of ketones is 1. The van der Waals surface area contributed by atoms with Crippen LogP contribution in [0.2, 0.25) is 0 Å². The number of rotatable bonds is 3. The smallest absolute Gasteiger partial charge is 0.330 e.